The number of aliphatic hydroxyl groups is 1. The van der Waals surface area contributed by atoms with E-state index < -0.39 is 0 Å². The van der Waals surface area contributed by atoms with E-state index >= 15 is 0 Å². The molecule has 2 N–H and O–H groups in total. The molecule has 0 amide bonds. The lowest BCUT2D eigenvalue weighted by molar-refractivity contribution is 0.0286. The lowest BCUT2D eigenvalue weighted by atomic mass is 9.79. The minimum absolute atomic E-state index is 0. The molecule has 20 heavy (non-hydrogen) atoms. The Hall–Kier alpha value is -0.680. The van der Waals surface area contributed by atoms with E-state index in [9.17, 15) is 9.50 Å². The molecular formula is C15H24ClFN2O. The molecule has 5 heteroatoms. The summed E-state index contributed by atoms with van der Waals surface area (Å²) in [7, 11) is 0. The zero-order valence-electron chi connectivity index (χ0n) is 12.1. The average Bonchev–Trinajstić information content (AvgIpc) is 2.42. The normalized spacial score (nSPS) is 18.4. The van der Waals surface area contributed by atoms with Crippen LogP contribution in [0.15, 0.2) is 24.3 Å². The number of nitrogens with zero attached hydrogens (tertiary/aromatic N) is 1. The number of piperazine rings is 1. The predicted octanol–water partition coefficient (Wildman–Crippen LogP) is 2.21. The average molecular weight is 303 g/mol. The first kappa shape index (κ1) is 17.4. The Labute approximate surface area is 126 Å². The molecule has 0 aliphatic carbocycles. The van der Waals surface area contributed by atoms with Crippen molar-refractivity contribution in [1.29, 1.82) is 0 Å². The van der Waals surface area contributed by atoms with Gasteiger partial charge in [-0.3, -0.25) is 4.90 Å². The molecule has 1 aliphatic heterocycles. The standard InChI is InChI=1S/C15H23FN2O.ClH/c1-15(2,11-19)14(18-9-7-17-8-10-18)12-5-3-4-6-13(12)16;/h3-6,14,17,19H,7-11H2,1-2H3;1H/t14-;/m0./s1. The second-order valence-corrected chi connectivity index (χ2v) is 5.86. The number of hydrogen-bond donors (Lipinski definition) is 2. The van der Waals surface area contributed by atoms with Gasteiger partial charge < -0.3 is 10.4 Å². The Balaban J connectivity index is 0.00000200. The molecule has 3 nitrogen and oxygen atoms in total. The molecule has 2 rings (SSSR count). The second kappa shape index (κ2) is 7.36. The number of hydrogen-bond acceptors (Lipinski definition) is 3. The Bertz CT molecular complexity index is 422. The summed E-state index contributed by atoms with van der Waals surface area (Å²) >= 11 is 0. The minimum Gasteiger partial charge on any atom is -0.396 e. The van der Waals surface area contributed by atoms with Gasteiger partial charge in [0.05, 0.1) is 0 Å². The highest BCUT2D eigenvalue weighted by Crippen LogP contribution is 2.39. The van der Waals surface area contributed by atoms with Crippen molar-refractivity contribution < 1.29 is 9.50 Å². The third kappa shape index (κ3) is 3.70. The van der Waals surface area contributed by atoms with Crippen LogP contribution in [-0.4, -0.2) is 42.8 Å². The highest BCUT2D eigenvalue weighted by atomic mass is 35.5. The summed E-state index contributed by atoms with van der Waals surface area (Å²) in [5.74, 6) is -0.187. The van der Waals surface area contributed by atoms with E-state index in [2.05, 4.69) is 10.2 Å². The van der Waals surface area contributed by atoms with E-state index in [4.69, 9.17) is 0 Å². The van der Waals surface area contributed by atoms with Crippen LogP contribution in [0.5, 0.6) is 0 Å². The summed E-state index contributed by atoms with van der Waals surface area (Å²) in [6, 6.07) is 6.80. The van der Waals surface area contributed by atoms with Gasteiger partial charge in [-0.05, 0) is 6.07 Å². The molecule has 1 fully saturated rings. The summed E-state index contributed by atoms with van der Waals surface area (Å²) in [5.41, 5.74) is 0.308. The summed E-state index contributed by atoms with van der Waals surface area (Å²) in [5, 5.41) is 13.0. The van der Waals surface area contributed by atoms with E-state index in [1.165, 1.54) is 6.07 Å². The van der Waals surface area contributed by atoms with Gasteiger partial charge in [0.25, 0.3) is 0 Å². The zero-order chi connectivity index (χ0) is 13.9. The Morgan fingerprint density at radius 1 is 1.30 bits per heavy atom. The summed E-state index contributed by atoms with van der Waals surface area (Å²) in [4.78, 5) is 2.27. The first-order valence-electron chi connectivity index (χ1n) is 6.86. The summed E-state index contributed by atoms with van der Waals surface area (Å²) < 4.78 is 14.1. The lowest BCUT2D eigenvalue weighted by Gasteiger charge is -2.43. The molecular weight excluding hydrogens is 279 g/mol. The number of halogens is 2. The Kier molecular flexibility index (Phi) is 6.40. The maximum Gasteiger partial charge on any atom is 0.128 e. The molecule has 0 spiro atoms. The second-order valence-electron chi connectivity index (χ2n) is 5.86. The van der Waals surface area contributed by atoms with E-state index in [1.54, 1.807) is 6.07 Å². The van der Waals surface area contributed by atoms with Crippen LogP contribution in [0, 0.1) is 11.2 Å². The lowest BCUT2D eigenvalue weighted by Crippen LogP contribution is -2.49. The molecule has 1 saturated heterocycles. The van der Waals surface area contributed by atoms with Crippen molar-refractivity contribution in [3.8, 4) is 0 Å². The monoisotopic (exact) mass is 302 g/mol. The van der Waals surface area contributed by atoms with Crippen LogP contribution in [-0.2, 0) is 0 Å². The number of nitrogens with one attached hydrogen (secondary N) is 1. The third-order valence-corrected chi connectivity index (χ3v) is 3.86. The van der Waals surface area contributed by atoms with Crippen LogP contribution in [0.4, 0.5) is 4.39 Å². The Morgan fingerprint density at radius 2 is 1.90 bits per heavy atom. The molecule has 1 aliphatic rings. The SMILES string of the molecule is CC(C)(CO)[C@H](c1ccccc1F)N1CCNCC1.Cl. The van der Waals surface area contributed by atoms with Gasteiger partial charge in [0, 0.05) is 49.8 Å². The van der Waals surface area contributed by atoms with Crippen LogP contribution in [0.2, 0.25) is 0 Å². The number of rotatable bonds is 4. The first-order chi connectivity index (χ1) is 9.06. The fourth-order valence-electron chi connectivity index (χ4n) is 2.84. The van der Waals surface area contributed by atoms with Gasteiger partial charge in [-0.2, -0.15) is 0 Å². The molecule has 114 valence electrons. The van der Waals surface area contributed by atoms with Gasteiger partial charge in [0.15, 0.2) is 0 Å². The molecule has 0 unspecified atom stereocenters. The smallest absolute Gasteiger partial charge is 0.128 e. The fourth-order valence-corrected chi connectivity index (χ4v) is 2.84. The summed E-state index contributed by atoms with van der Waals surface area (Å²) in [6.45, 7) is 7.60. The van der Waals surface area contributed by atoms with Crippen molar-refractivity contribution in [3.05, 3.63) is 35.6 Å². The number of benzene rings is 1. The van der Waals surface area contributed by atoms with Crippen LogP contribution < -0.4 is 5.32 Å². The van der Waals surface area contributed by atoms with Crippen molar-refractivity contribution in [3.63, 3.8) is 0 Å². The zero-order valence-corrected chi connectivity index (χ0v) is 12.9. The van der Waals surface area contributed by atoms with E-state index in [0.717, 1.165) is 26.2 Å². The van der Waals surface area contributed by atoms with Crippen molar-refractivity contribution in [2.75, 3.05) is 32.8 Å². The third-order valence-electron chi connectivity index (χ3n) is 3.86. The van der Waals surface area contributed by atoms with Gasteiger partial charge in [-0.1, -0.05) is 32.0 Å². The van der Waals surface area contributed by atoms with Gasteiger partial charge >= 0.3 is 0 Å². The Morgan fingerprint density at radius 3 is 2.45 bits per heavy atom. The molecule has 1 aromatic rings. The molecule has 0 radical (unpaired) electrons. The molecule has 0 bridgehead atoms. The van der Waals surface area contributed by atoms with Crippen LogP contribution in [0.1, 0.15) is 25.5 Å². The van der Waals surface area contributed by atoms with Gasteiger partial charge in [-0.15, -0.1) is 12.4 Å². The van der Waals surface area contributed by atoms with E-state index in [0.29, 0.717) is 5.56 Å². The van der Waals surface area contributed by atoms with Gasteiger partial charge in [-0.25, -0.2) is 4.39 Å². The highest BCUT2D eigenvalue weighted by molar-refractivity contribution is 5.85. The quantitative estimate of drug-likeness (QED) is 0.895. The highest BCUT2D eigenvalue weighted by Gasteiger charge is 2.36. The first-order valence-corrected chi connectivity index (χ1v) is 6.86. The van der Waals surface area contributed by atoms with Crippen LogP contribution in [0.25, 0.3) is 0 Å². The maximum atomic E-state index is 14.1. The maximum absolute atomic E-state index is 14.1. The van der Waals surface area contributed by atoms with Crippen molar-refractivity contribution in [2.45, 2.75) is 19.9 Å². The topological polar surface area (TPSA) is 35.5 Å². The van der Waals surface area contributed by atoms with Gasteiger partial charge in [0.1, 0.15) is 5.82 Å². The van der Waals surface area contributed by atoms with E-state index in [1.807, 2.05) is 26.0 Å². The van der Waals surface area contributed by atoms with E-state index in [-0.39, 0.29) is 36.3 Å². The molecule has 1 atom stereocenters. The molecule has 0 saturated carbocycles. The predicted molar refractivity (Wildman–Crippen MR) is 81.7 cm³/mol. The van der Waals surface area contributed by atoms with Crippen molar-refractivity contribution >= 4 is 12.4 Å². The van der Waals surface area contributed by atoms with Crippen molar-refractivity contribution in [1.82, 2.24) is 10.2 Å². The van der Waals surface area contributed by atoms with Crippen LogP contribution >= 0.6 is 12.4 Å². The van der Waals surface area contributed by atoms with Crippen molar-refractivity contribution in [2.24, 2.45) is 5.41 Å². The summed E-state index contributed by atoms with van der Waals surface area (Å²) in [6.07, 6.45) is 0. The molecule has 0 aromatic heterocycles. The number of aliphatic hydroxyl groups excluding tert-OH is 1. The van der Waals surface area contributed by atoms with Crippen LogP contribution in [0.3, 0.4) is 0 Å². The largest absolute Gasteiger partial charge is 0.396 e. The fraction of sp³-hybridized carbons (Fsp3) is 0.600. The molecule has 1 heterocycles. The minimum atomic E-state index is -0.375. The molecule has 1 aromatic carbocycles. The van der Waals surface area contributed by atoms with Gasteiger partial charge in [0.2, 0.25) is 0 Å².